The molecule has 0 bridgehead atoms. The van der Waals surface area contributed by atoms with Gasteiger partial charge in [0.2, 0.25) is 0 Å². The monoisotopic (exact) mass is 334 g/mol. The highest BCUT2D eigenvalue weighted by Gasteiger charge is 2.16. The van der Waals surface area contributed by atoms with Crippen molar-refractivity contribution in [2.45, 2.75) is 6.92 Å². The molecule has 0 saturated carbocycles. The van der Waals surface area contributed by atoms with Crippen LogP contribution in [0.5, 0.6) is 0 Å². The molecular formula is C15H12F2N4OS. The van der Waals surface area contributed by atoms with Crippen molar-refractivity contribution in [1.82, 2.24) is 10.2 Å². The highest BCUT2D eigenvalue weighted by molar-refractivity contribution is 7.08. The molecule has 3 aromatic rings. The Balaban J connectivity index is 1.80. The topological polar surface area (TPSA) is 69.8 Å². The van der Waals surface area contributed by atoms with Gasteiger partial charge in [-0.3, -0.25) is 5.10 Å². The minimum absolute atomic E-state index is 0.109. The lowest BCUT2D eigenvalue weighted by Crippen LogP contribution is -2.20. The molecule has 118 valence electrons. The van der Waals surface area contributed by atoms with Gasteiger partial charge in [0, 0.05) is 17.0 Å². The molecule has 0 unspecified atom stereocenters. The molecule has 1 aromatic carbocycles. The van der Waals surface area contributed by atoms with Crippen LogP contribution in [0.4, 0.5) is 25.0 Å². The number of aromatic nitrogens is 2. The summed E-state index contributed by atoms with van der Waals surface area (Å²) >= 11 is 1.51. The van der Waals surface area contributed by atoms with E-state index in [0.717, 1.165) is 17.7 Å². The quantitative estimate of drug-likeness (QED) is 0.666. The van der Waals surface area contributed by atoms with Crippen LogP contribution in [0.1, 0.15) is 5.69 Å². The Morgan fingerprint density at radius 3 is 2.78 bits per heavy atom. The molecule has 0 aliphatic carbocycles. The molecule has 5 nitrogen and oxygen atoms in total. The number of nitrogens with zero attached hydrogens (tertiary/aromatic N) is 1. The van der Waals surface area contributed by atoms with Gasteiger partial charge in [-0.1, -0.05) is 0 Å². The van der Waals surface area contributed by atoms with Crippen molar-refractivity contribution >= 4 is 28.7 Å². The number of H-pyrrole nitrogens is 1. The first-order valence-electron chi connectivity index (χ1n) is 6.65. The lowest BCUT2D eigenvalue weighted by Gasteiger charge is -2.09. The summed E-state index contributed by atoms with van der Waals surface area (Å²) in [5.41, 5.74) is 2.52. The van der Waals surface area contributed by atoms with Gasteiger partial charge in [0.15, 0.2) is 0 Å². The van der Waals surface area contributed by atoms with Crippen molar-refractivity contribution in [3.63, 3.8) is 0 Å². The summed E-state index contributed by atoms with van der Waals surface area (Å²) in [5.74, 6) is -1.55. The Morgan fingerprint density at radius 2 is 2.09 bits per heavy atom. The van der Waals surface area contributed by atoms with Crippen molar-refractivity contribution in [2.24, 2.45) is 0 Å². The summed E-state index contributed by atoms with van der Waals surface area (Å²) in [5, 5.41) is 15.7. The third-order valence-electron chi connectivity index (χ3n) is 3.16. The van der Waals surface area contributed by atoms with Gasteiger partial charge in [-0.15, -0.1) is 0 Å². The van der Waals surface area contributed by atoms with Crippen molar-refractivity contribution < 1.29 is 13.6 Å². The first-order chi connectivity index (χ1) is 11.0. The number of aryl methyl sites for hydroxylation is 1. The number of carbonyl (C=O) groups is 1. The zero-order valence-electron chi connectivity index (χ0n) is 12.0. The van der Waals surface area contributed by atoms with Crippen LogP contribution in [-0.2, 0) is 0 Å². The molecule has 0 aliphatic rings. The van der Waals surface area contributed by atoms with Crippen LogP contribution in [-0.4, -0.2) is 16.2 Å². The maximum absolute atomic E-state index is 13.6. The number of benzene rings is 1. The highest BCUT2D eigenvalue weighted by atomic mass is 32.1. The Morgan fingerprint density at radius 1 is 1.26 bits per heavy atom. The predicted octanol–water partition coefficient (Wildman–Crippen LogP) is 4.37. The molecular weight excluding hydrogens is 322 g/mol. The van der Waals surface area contributed by atoms with E-state index in [1.807, 2.05) is 16.8 Å². The smallest absolute Gasteiger partial charge is 0.305 e. The molecule has 0 fully saturated rings. The van der Waals surface area contributed by atoms with E-state index in [1.54, 1.807) is 6.92 Å². The van der Waals surface area contributed by atoms with E-state index in [4.69, 9.17) is 0 Å². The molecule has 0 saturated heterocycles. The van der Waals surface area contributed by atoms with E-state index in [9.17, 15) is 13.6 Å². The number of anilines is 2. The van der Waals surface area contributed by atoms with Gasteiger partial charge < -0.3 is 10.6 Å². The summed E-state index contributed by atoms with van der Waals surface area (Å²) in [4.78, 5) is 12.1. The van der Waals surface area contributed by atoms with Crippen LogP contribution in [0, 0.1) is 18.6 Å². The molecule has 0 radical (unpaired) electrons. The fraction of sp³-hybridized carbons (Fsp3) is 0.0667. The Labute approximate surface area is 134 Å². The average molecular weight is 334 g/mol. The first kappa shape index (κ1) is 15.2. The number of hydrogen-bond donors (Lipinski definition) is 3. The third kappa shape index (κ3) is 3.21. The van der Waals surface area contributed by atoms with Gasteiger partial charge in [0.25, 0.3) is 0 Å². The predicted molar refractivity (Wildman–Crippen MR) is 85.6 cm³/mol. The van der Waals surface area contributed by atoms with Gasteiger partial charge in [-0.2, -0.15) is 16.4 Å². The summed E-state index contributed by atoms with van der Waals surface area (Å²) in [6.45, 7) is 1.76. The number of urea groups is 1. The fourth-order valence-corrected chi connectivity index (χ4v) is 2.69. The number of halogens is 2. The summed E-state index contributed by atoms with van der Waals surface area (Å²) in [6.07, 6.45) is 0. The van der Waals surface area contributed by atoms with Crippen molar-refractivity contribution in [2.75, 3.05) is 10.6 Å². The number of nitrogens with one attached hydrogen (secondary N) is 3. The normalized spacial score (nSPS) is 10.6. The maximum atomic E-state index is 13.6. The van der Waals surface area contributed by atoms with Crippen LogP contribution in [0.2, 0.25) is 0 Å². The number of amides is 2. The Kier molecular flexibility index (Phi) is 4.07. The van der Waals surface area contributed by atoms with Crippen LogP contribution in [0.25, 0.3) is 11.3 Å². The molecule has 23 heavy (non-hydrogen) atoms. The molecule has 0 aliphatic heterocycles. The number of carbonyl (C=O) groups excluding carboxylic acids is 1. The summed E-state index contributed by atoms with van der Waals surface area (Å²) in [6, 6.07) is 4.17. The van der Waals surface area contributed by atoms with Gasteiger partial charge in [0.05, 0.1) is 17.1 Å². The van der Waals surface area contributed by atoms with Crippen LogP contribution in [0.15, 0.2) is 35.0 Å². The largest absolute Gasteiger partial charge is 0.323 e. The summed E-state index contributed by atoms with van der Waals surface area (Å²) < 4.78 is 26.4. The van der Waals surface area contributed by atoms with Gasteiger partial charge >= 0.3 is 6.03 Å². The molecule has 2 heterocycles. The van der Waals surface area contributed by atoms with Gasteiger partial charge in [0.1, 0.15) is 17.3 Å². The third-order valence-corrected chi connectivity index (χ3v) is 3.84. The number of rotatable bonds is 3. The van der Waals surface area contributed by atoms with Crippen LogP contribution < -0.4 is 10.6 Å². The zero-order chi connectivity index (χ0) is 16.4. The van der Waals surface area contributed by atoms with Crippen molar-refractivity contribution in [3.05, 3.63) is 52.4 Å². The highest BCUT2D eigenvalue weighted by Crippen LogP contribution is 2.30. The minimum atomic E-state index is -0.845. The Bertz CT molecular complexity index is 845. The SMILES string of the molecule is Cc1[nH]nc(-c2ccsc2)c1NC(=O)Nc1ccc(F)cc1F. The lowest BCUT2D eigenvalue weighted by atomic mass is 10.2. The van der Waals surface area contributed by atoms with E-state index >= 15 is 0 Å². The standard InChI is InChI=1S/C15H12F2N4OS/c1-8-13(14(21-20-8)9-4-5-23-7-9)19-15(22)18-12-3-2-10(16)6-11(12)17/h2-7H,1H3,(H,20,21)(H2,18,19,22). The zero-order valence-corrected chi connectivity index (χ0v) is 12.8. The molecule has 3 N–H and O–H groups in total. The minimum Gasteiger partial charge on any atom is -0.305 e. The molecule has 3 rings (SSSR count). The number of hydrogen-bond acceptors (Lipinski definition) is 3. The summed E-state index contributed by atoms with van der Waals surface area (Å²) in [7, 11) is 0. The van der Waals surface area contributed by atoms with E-state index in [1.165, 1.54) is 11.3 Å². The van der Waals surface area contributed by atoms with E-state index < -0.39 is 17.7 Å². The first-order valence-corrected chi connectivity index (χ1v) is 7.59. The second kappa shape index (κ2) is 6.17. The molecule has 2 amide bonds. The second-order valence-corrected chi connectivity index (χ2v) is 5.57. The van der Waals surface area contributed by atoms with Gasteiger partial charge in [-0.05, 0) is 30.5 Å². The van der Waals surface area contributed by atoms with Crippen LogP contribution >= 0.6 is 11.3 Å². The number of thiophene rings is 1. The fourth-order valence-electron chi connectivity index (χ4n) is 2.05. The molecule has 0 atom stereocenters. The Hall–Kier alpha value is -2.74. The average Bonchev–Trinajstić information content (AvgIpc) is 3.13. The van der Waals surface area contributed by atoms with E-state index in [-0.39, 0.29) is 5.69 Å². The number of aromatic amines is 1. The van der Waals surface area contributed by atoms with Crippen molar-refractivity contribution in [3.8, 4) is 11.3 Å². The van der Waals surface area contributed by atoms with Crippen molar-refractivity contribution in [1.29, 1.82) is 0 Å². The maximum Gasteiger partial charge on any atom is 0.323 e. The lowest BCUT2D eigenvalue weighted by molar-refractivity contribution is 0.262. The van der Waals surface area contributed by atoms with Gasteiger partial charge in [-0.25, -0.2) is 13.6 Å². The second-order valence-electron chi connectivity index (χ2n) is 4.79. The molecule has 8 heteroatoms. The van der Waals surface area contributed by atoms with Crippen LogP contribution in [0.3, 0.4) is 0 Å². The van der Waals surface area contributed by atoms with E-state index in [0.29, 0.717) is 23.1 Å². The van der Waals surface area contributed by atoms with E-state index in [2.05, 4.69) is 20.8 Å². The molecule has 0 spiro atoms. The molecule has 2 aromatic heterocycles.